The van der Waals surface area contributed by atoms with Gasteiger partial charge in [-0.3, -0.25) is 14.5 Å². The van der Waals surface area contributed by atoms with Gasteiger partial charge in [0.05, 0.1) is 6.54 Å². The van der Waals surface area contributed by atoms with E-state index in [-0.39, 0.29) is 28.7 Å². The zero-order chi connectivity index (χ0) is 20.6. The monoisotopic (exact) mass is 397 g/mol. The smallest absolute Gasteiger partial charge is 0.234 e. The predicted octanol–water partition coefficient (Wildman–Crippen LogP) is 3.91. The van der Waals surface area contributed by atoms with Gasteiger partial charge in [-0.2, -0.15) is 0 Å². The van der Waals surface area contributed by atoms with Crippen molar-refractivity contribution in [3.8, 4) is 0 Å². The SMILES string of the molecule is CC(C)(C)NC(=O)CN1CC2(CC(C(=O)Nc3ccccc3C3CCCC3)C2)C1. The van der Waals surface area contributed by atoms with E-state index in [1.807, 2.05) is 26.8 Å². The van der Waals surface area contributed by atoms with Crippen molar-refractivity contribution in [3.05, 3.63) is 29.8 Å². The molecule has 29 heavy (non-hydrogen) atoms. The molecule has 2 amide bonds. The van der Waals surface area contributed by atoms with Crippen LogP contribution in [0.25, 0.3) is 0 Å². The fraction of sp³-hybridized carbons (Fsp3) is 0.667. The molecular formula is C24H35N3O2. The van der Waals surface area contributed by atoms with E-state index >= 15 is 0 Å². The van der Waals surface area contributed by atoms with Gasteiger partial charge in [0.2, 0.25) is 11.8 Å². The van der Waals surface area contributed by atoms with Gasteiger partial charge in [-0.15, -0.1) is 0 Å². The number of hydrogen-bond donors (Lipinski definition) is 2. The van der Waals surface area contributed by atoms with Crippen LogP contribution in [0.3, 0.4) is 0 Å². The highest BCUT2D eigenvalue weighted by Gasteiger charge is 2.54. The zero-order valence-electron chi connectivity index (χ0n) is 18.1. The van der Waals surface area contributed by atoms with Crippen LogP contribution < -0.4 is 10.6 Å². The van der Waals surface area contributed by atoms with Crippen LogP contribution in [0.15, 0.2) is 24.3 Å². The minimum absolute atomic E-state index is 0.0875. The molecule has 2 aliphatic carbocycles. The summed E-state index contributed by atoms with van der Waals surface area (Å²) in [5, 5.41) is 6.25. The summed E-state index contributed by atoms with van der Waals surface area (Å²) in [4.78, 5) is 27.1. The average Bonchev–Trinajstić information content (AvgIpc) is 3.08. The first-order valence-electron chi connectivity index (χ1n) is 11.2. The van der Waals surface area contributed by atoms with Gasteiger partial charge in [0.1, 0.15) is 0 Å². The van der Waals surface area contributed by atoms with Gasteiger partial charge in [-0.05, 0) is 69.4 Å². The maximum Gasteiger partial charge on any atom is 0.234 e. The molecule has 5 heteroatoms. The quantitative estimate of drug-likeness (QED) is 0.792. The number of benzene rings is 1. The van der Waals surface area contributed by atoms with Crippen LogP contribution in [0, 0.1) is 11.3 Å². The summed E-state index contributed by atoms with van der Waals surface area (Å²) >= 11 is 0. The van der Waals surface area contributed by atoms with Crippen LogP contribution in [0.5, 0.6) is 0 Å². The standard InChI is InChI=1S/C24H35N3O2/c1-23(2,3)26-21(28)14-27-15-24(16-27)12-18(13-24)22(29)25-20-11-7-6-10-19(20)17-8-4-5-9-17/h6-7,10-11,17-18H,4-5,8-9,12-16H2,1-3H3,(H,25,29)(H,26,28). The Kier molecular flexibility index (Phi) is 5.45. The second-order valence-electron chi connectivity index (χ2n) is 10.6. The van der Waals surface area contributed by atoms with E-state index in [0.717, 1.165) is 31.6 Å². The lowest BCUT2D eigenvalue weighted by Crippen LogP contribution is -2.65. The first kappa shape index (κ1) is 20.4. The van der Waals surface area contributed by atoms with Gasteiger partial charge in [-0.25, -0.2) is 0 Å². The molecule has 3 aliphatic rings. The van der Waals surface area contributed by atoms with Crippen molar-refractivity contribution < 1.29 is 9.59 Å². The topological polar surface area (TPSA) is 61.4 Å². The molecule has 0 aromatic heterocycles. The molecule has 1 aromatic rings. The van der Waals surface area contributed by atoms with E-state index in [1.165, 1.54) is 31.2 Å². The molecule has 1 spiro atoms. The third-order valence-corrected chi connectivity index (χ3v) is 6.74. The highest BCUT2D eigenvalue weighted by Crippen LogP contribution is 2.52. The number of rotatable bonds is 5. The number of carbonyl (C=O) groups is 2. The van der Waals surface area contributed by atoms with Gasteiger partial charge in [0, 0.05) is 30.2 Å². The summed E-state index contributed by atoms with van der Waals surface area (Å²) in [5.74, 6) is 0.963. The van der Waals surface area contributed by atoms with E-state index in [0.29, 0.717) is 12.5 Å². The van der Waals surface area contributed by atoms with Crippen molar-refractivity contribution in [1.29, 1.82) is 0 Å². The van der Waals surface area contributed by atoms with E-state index in [4.69, 9.17) is 0 Å². The van der Waals surface area contributed by atoms with Gasteiger partial charge in [0.25, 0.3) is 0 Å². The number of likely N-dealkylation sites (tertiary alicyclic amines) is 1. The lowest BCUT2D eigenvalue weighted by atomic mass is 9.57. The number of amides is 2. The second kappa shape index (κ2) is 7.75. The fourth-order valence-corrected chi connectivity index (χ4v) is 5.54. The molecular weight excluding hydrogens is 362 g/mol. The molecule has 5 nitrogen and oxygen atoms in total. The number of nitrogens with one attached hydrogen (secondary N) is 2. The molecule has 1 aliphatic heterocycles. The van der Waals surface area contributed by atoms with Crippen molar-refractivity contribution >= 4 is 17.5 Å². The van der Waals surface area contributed by atoms with Crippen molar-refractivity contribution in [3.63, 3.8) is 0 Å². The van der Waals surface area contributed by atoms with Crippen LogP contribution in [0.1, 0.15) is 70.8 Å². The Balaban J connectivity index is 1.24. The molecule has 0 radical (unpaired) electrons. The minimum atomic E-state index is -0.186. The third kappa shape index (κ3) is 4.66. The van der Waals surface area contributed by atoms with E-state index in [1.54, 1.807) is 0 Å². The first-order valence-corrected chi connectivity index (χ1v) is 11.2. The molecule has 2 N–H and O–H groups in total. The van der Waals surface area contributed by atoms with Crippen molar-refractivity contribution in [1.82, 2.24) is 10.2 Å². The van der Waals surface area contributed by atoms with Gasteiger partial charge < -0.3 is 10.6 Å². The third-order valence-electron chi connectivity index (χ3n) is 6.74. The Labute approximate surface area is 174 Å². The van der Waals surface area contributed by atoms with Crippen LogP contribution >= 0.6 is 0 Å². The van der Waals surface area contributed by atoms with E-state index in [9.17, 15) is 9.59 Å². The fourth-order valence-electron chi connectivity index (χ4n) is 5.54. The molecule has 4 rings (SSSR count). The van der Waals surface area contributed by atoms with Crippen LogP contribution in [0.2, 0.25) is 0 Å². The molecule has 0 bridgehead atoms. The van der Waals surface area contributed by atoms with E-state index in [2.05, 4.69) is 33.7 Å². The Bertz CT molecular complexity index is 763. The number of nitrogens with zero attached hydrogens (tertiary/aromatic N) is 1. The van der Waals surface area contributed by atoms with Crippen LogP contribution in [0.4, 0.5) is 5.69 Å². The Morgan fingerprint density at radius 3 is 2.41 bits per heavy atom. The predicted molar refractivity (Wildman–Crippen MR) is 116 cm³/mol. The van der Waals surface area contributed by atoms with Gasteiger partial charge in [0.15, 0.2) is 0 Å². The summed E-state index contributed by atoms with van der Waals surface area (Å²) < 4.78 is 0. The normalized spacial score (nSPS) is 22.2. The van der Waals surface area contributed by atoms with Crippen molar-refractivity contribution in [2.24, 2.45) is 11.3 Å². The first-order chi connectivity index (χ1) is 13.7. The average molecular weight is 398 g/mol. The van der Waals surface area contributed by atoms with Gasteiger partial charge in [-0.1, -0.05) is 31.0 Å². The molecule has 1 aromatic carbocycles. The summed E-state index contributed by atoms with van der Waals surface area (Å²) in [6, 6.07) is 8.34. The number of anilines is 1. The highest BCUT2D eigenvalue weighted by molar-refractivity contribution is 5.94. The summed E-state index contributed by atoms with van der Waals surface area (Å²) in [6.45, 7) is 8.35. The lowest BCUT2D eigenvalue weighted by Gasteiger charge is -2.58. The Hall–Kier alpha value is -1.88. The molecule has 0 unspecified atom stereocenters. The molecule has 1 heterocycles. The minimum Gasteiger partial charge on any atom is -0.350 e. The molecule has 3 fully saturated rings. The molecule has 0 atom stereocenters. The van der Waals surface area contributed by atoms with Crippen molar-refractivity contribution in [2.45, 2.75) is 70.8 Å². The second-order valence-corrected chi connectivity index (χ2v) is 10.6. The zero-order valence-corrected chi connectivity index (χ0v) is 18.1. The van der Waals surface area contributed by atoms with Crippen LogP contribution in [-0.4, -0.2) is 41.9 Å². The van der Waals surface area contributed by atoms with Gasteiger partial charge >= 0.3 is 0 Å². The lowest BCUT2D eigenvalue weighted by molar-refractivity contribution is -0.144. The maximum absolute atomic E-state index is 12.8. The largest absolute Gasteiger partial charge is 0.350 e. The summed E-state index contributed by atoms with van der Waals surface area (Å²) in [6.07, 6.45) is 6.95. The number of carbonyl (C=O) groups excluding carboxylic acids is 2. The van der Waals surface area contributed by atoms with Crippen molar-refractivity contribution in [2.75, 3.05) is 25.0 Å². The van der Waals surface area contributed by atoms with Crippen LogP contribution in [-0.2, 0) is 9.59 Å². The van der Waals surface area contributed by atoms with E-state index < -0.39 is 0 Å². The highest BCUT2D eigenvalue weighted by atomic mass is 16.2. The summed E-state index contributed by atoms with van der Waals surface area (Å²) in [7, 11) is 0. The molecule has 1 saturated heterocycles. The molecule has 158 valence electrons. The Morgan fingerprint density at radius 2 is 1.76 bits per heavy atom. The number of hydrogen-bond acceptors (Lipinski definition) is 3. The number of para-hydroxylation sites is 1. The summed E-state index contributed by atoms with van der Waals surface area (Å²) in [5.41, 5.74) is 2.40. The maximum atomic E-state index is 12.8. The Morgan fingerprint density at radius 1 is 1.10 bits per heavy atom. The molecule has 2 saturated carbocycles.